The van der Waals surface area contributed by atoms with Crippen LogP contribution in [0.3, 0.4) is 0 Å². The predicted molar refractivity (Wildman–Crippen MR) is 163 cm³/mol. The summed E-state index contributed by atoms with van der Waals surface area (Å²) in [4.78, 5) is 29.5. The Labute approximate surface area is 244 Å². The van der Waals surface area contributed by atoms with Gasteiger partial charge in [0.05, 0.1) is 10.6 Å². The molecule has 1 saturated carbocycles. The summed E-state index contributed by atoms with van der Waals surface area (Å²) in [5.74, 6) is -0.621. The van der Waals surface area contributed by atoms with Gasteiger partial charge in [-0.05, 0) is 62.9 Å². The highest BCUT2D eigenvalue weighted by molar-refractivity contribution is 7.92. The first kappa shape index (κ1) is 30.3. The predicted octanol–water partition coefficient (Wildman–Crippen LogP) is 5.76. The Hall–Kier alpha value is -3.65. The number of rotatable bonds is 11. The number of carbonyl (C=O) groups excluding carboxylic acids is 2. The summed E-state index contributed by atoms with van der Waals surface area (Å²) in [6, 6.07) is 22.4. The second kappa shape index (κ2) is 13.8. The average molecular weight is 576 g/mol. The second-order valence-corrected chi connectivity index (χ2v) is 12.8. The molecule has 0 bridgehead atoms. The number of benzene rings is 3. The SMILES string of the molecule is CC[C@H](C(=O)NC1CCCCC1)N(Cc1cccc(C)c1)C(=O)CN(c1ccccc1)S(=O)(=O)c1ccc(C)cc1. The highest BCUT2D eigenvalue weighted by atomic mass is 32.2. The molecule has 41 heavy (non-hydrogen) atoms. The quantitative estimate of drug-likeness (QED) is 0.315. The van der Waals surface area contributed by atoms with Crippen molar-refractivity contribution in [1.29, 1.82) is 0 Å². The zero-order valence-corrected chi connectivity index (χ0v) is 25.1. The van der Waals surface area contributed by atoms with Gasteiger partial charge in [-0.1, -0.05) is 91.9 Å². The van der Waals surface area contributed by atoms with Gasteiger partial charge in [0.25, 0.3) is 10.0 Å². The maximum Gasteiger partial charge on any atom is 0.264 e. The van der Waals surface area contributed by atoms with Crippen LogP contribution in [0.25, 0.3) is 0 Å². The molecule has 4 rings (SSSR count). The lowest BCUT2D eigenvalue weighted by Crippen LogP contribution is -2.54. The Morgan fingerprint density at radius 1 is 0.878 bits per heavy atom. The third-order valence-electron chi connectivity index (χ3n) is 7.70. The van der Waals surface area contributed by atoms with Crippen molar-refractivity contribution in [3.8, 4) is 0 Å². The van der Waals surface area contributed by atoms with Crippen molar-refractivity contribution >= 4 is 27.5 Å². The van der Waals surface area contributed by atoms with Crippen LogP contribution < -0.4 is 9.62 Å². The van der Waals surface area contributed by atoms with Crippen molar-refractivity contribution < 1.29 is 18.0 Å². The average Bonchev–Trinajstić information content (AvgIpc) is 2.97. The zero-order chi connectivity index (χ0) is 29.4. The minimum Gasteiger partial charge on any atom is -0.352 e. The van der Waals surface area contributed by atoms with Gasteiger partial charge in [-0.25, -0.2) is 8.42 Å². The number of nitrogens with one attached hydrogen (secondary N) is 1. The molecule has 3 aromatic carbocycles. The van der Waals surface area contributed by atoms with Gasteiger partial charge >= 0.3 is 0 Å². The molecule has 2 amide bonds. The summed E-state index contributed by atoms with van der Waals surface area (Å²) in [7, 11) is -4.07. The van der Waals surface area contributed by atoms with Crippen molar-refractivity contribution in [1.82, 2.24) is 10.2 Å². The Kier molecular flexibility index (Phi) is 10.2. The summed E-state index contributed by atoms with van der Waals surface area (Å²) in [5.41, 5.74) is 3.25. The van der Waals surface area contributed by atoms with E-state index < -0.39 is 28.5 Å². The van der Waals surface area contributed by atoms with Crippen LogP contribution in [0.15, 0.2) is 83.8 Å². The number of sulfonamides is 1. The van der Waals surface area contributed by atoms with Gasteiger partial charge in [0, 0.05) is 12.6 Å². The smallest absolute Gasteiger partial charge is 0.264 e. The molecule has 1 N–H and O–H groups in total. The van der Waals surface area contributed by atoms with Crippen molar-refractivity contribution in [2.24, 2.45) is 0 Å². The zero-order valence-electron chi connectivity index (χ0n) is 24.3. The molecular weight excluding hydrogens is 534 g/mol. The van der Waals surface area contributed by atoms with Crippen LogP contribution in [0, 0.1) is 13.8 Å². The first-order valence-electron chi connectivity index (χ1n) is 14.5. The van der Waals surface area contributed by atoms with Gasteiger partial charge in [-0.15, -0.1) is 0 Å². The van der Waals surface area contributed by atoms with Gasteiger partial charge in [0.15, 0.2) is 0 Å². The lowest BCUT2D eigenvalue weighted by molar-refractivity contribution is -0.140. The summed E-state index contributed by atoms with van der Waals surface area (Å²) in [6.07, 6.45) is 5.61. The van der Waals surface area contributed by atoms with E-state index in [1.54, 1.807) is 59.5 Å². The maximum absolute atomic E-state index is 14.2. The Morgan fingerprint density at radius 3 is 2.20 bits per heavy atom. The molecular formula is C33H41N3O4S. The first-order valence-corrected chi connectivity index (χ1v) is 15.9. The van der Waals surface area contributed by atoms with Gasteiger partial charge in [0.2, 0.25) is 11.8 Å². The number of amides is 2. The molecule has 7 nitrogen and oxygen atoms in total. The van der Waals surface area contributed by atoms with Crippen molar-refractivity contribution in [3.63, 3.8) is 0 Å². The minimum atomic E-state index is -4.07. The molecule has 0 radical (unpaired) electrons. The maximum atomic E-state index is 14.2. The monoisotopic (exact) mass is 575 g/mol. The van der Waals surface area contributed by atoms with Crippen LogP contribution in [-0.4, -0.2) is 43.8 Å². The number of aryl methyl sites for hydroxylation is 2. The molecule has 0 saturated heterocycles. The van der Waals surface area contributed by atoms with E-state index in [1.807, 2.05) is 45.0 Å². The molecule has 1 aliphatic carbocycles. The van der Waals surface area contributed by atoms with Crippen LogP contribution >= 0.6 is 0 Å². The number of hydrogen-bond acceptors (Lipinski definition) is 4. The van der Waals surface area contributed by atoms with Gasteiger partial charge in [0.1, 0.15) is 12.6 Å². The van der Waals surface area contributed by atoms with Crippen LogP contribution in [0.1, 0.15) is 62.1 Å². The van der Waals surface area contributed by atoms with E-state index in [-0.39, 0.29) is 23.4 Å². The minimum absolute atomic E-state index is 0.101. The molecule has 0 spiro atoms. The van der Waals surface area contributed by atoms with E-state index in [1.165, 1.54) is 6.42 Å². The summed E-state index contributed by atoms with van der Waals surface area (Å²) in [6.45, 7) is 5.53. The summed E-state index contributed by atoms with van der Waals surface area (Å²) < 4.78 is 29.0. The Balaban J connectivity index is 1.68. The summed E-state index contributed by atoms with van der Waals surface area (Å²) >= 11 is 0. The second-order valence-electron chi connectivity index (χ2n) is 10.9. The molecule has 0 aliphatic heterocycles. The van der Waals surface area contributed by atoms with Gasteiger partial charge < -0.3 is 10.2 Å². The molecule has 1 fully saturated rings. The van der Waals surface area contributed by atoms with E-state index in [9.17, 15) is 18.0 Å². The van der Waals surface area contributed by atoms with E-state index in [0.717, 1.165) is 46.7 Å². The highest BCUT2D eigenvalue weighted by Gasteiger charge is 2.34. The van der Waals surface area contributed by atoms with E-state index in [4.69, 9.17) is 0 Å². The van der Waals surface area contributed by atoms with Crippen LogP contribution in [0.5, 0.6) is 0 Å². The summed E-state index contributed by atoms with van der Waals surface area (Å²) in [5, 5.41) is 3.18. The van der Waals surface area contributed by atoms with Crippen LogP contribution in [0.2, 0.25) is 0 Å². The Bertz CT molecular complexity index is 1420. The van der Waals surface area contributed by atoms with Gasteiger partial charge in [-0.2, -0.15) is 0 Å². The largest absolute Gasteiger partial charge is 0.352 e. The first-order chi connectivity index (χ1) is 19.7. The van der Waals surface area contributed by atoms with E-state index in [0.29, 0.717) is 12.1 Å². The fourth-order valence-electron chi connectivity index (χ4n) is 5.43. The van der Waals surface area contributed by atoms with Crippen LogP contribution in [-0.2, 0) is 26.2 Å². The fourth-order valence-corrected chi connectivity index (χ4v) is 6.85. The van der Waals surface area contributed by atoms with Crippen molar-refractivity contribution in [2.45, 2.75) is 82.8 Å². The lowest BCUT2D eigenvalue weighted by atomic mass is 9.95. The Morgan fingerprint density at radius 2 is 1.56 bits per heavy atom. The number of nitrogens with zero attached hydrogens (tertiary/aromatic N) is 2. The molecule has 0 heterocycles. The van der Waals surface area contributed by atoms with Crippen LogP contribution in [0.4, 0.5) is 5.69 Å². The third-order valence-corrected chi connectivity index (χ3v) is 9.49. The number of hydrogen-bond donors (Lipinski definition) is 1. The standard InChI is InChI=1S/C33H41N3O4S/c1-4-31(33(38)34-28-14-7-5-8-15-28)35(23-27-13-11-12-26(3)22-27)32(37)24-36(29-16-9-6-10-17-29)41(39,40)30-20-18-25(2)19-21-30/h6,9-13,16-22,28,31H,4-5,7-8,14-15,23-24H2,1-3H3,(H,34,38)/t31-/m1/s1. The molecule has 218 valence electrons. The van der Waals surface area contributed by atoms with E-state index in [2.05, 4.69) is 5.32 Å². The highest BCUT2D eigenvalue weighted by Crippen LogP contribution is 2.25. The topological polar surface area (TPSA) is 86.8 Å². The molecule has 3 aromatic rings. The normalized spacial score (nSPS) is 14.7. The number of anilines is 1. The molecule has 0 unspecified atom stereocenters. The van der Waals surface area contributed by atoms with E-state index >= 15 is 0 Å². The molecule has 0 aromatic heterocycles. The van der Waals surface area contributed by atoms with Crippen molar-refractivity contribution in [3.05, 3.63) is 95.6 Å². The van der Waals surface area contributed by atoms with Crippen molar-refractivity contribution in [2.75, 3.05) is 10.8 Å². The number of carbonyl (C=O) groups is 2. The third kappa shape index (κ3) is 7.76. The fraction of sp³-hybridized carbons (Fsp3) is 0.394. The lowest BCUT2D eigenvalue weighted by Gasteiger charge is -2.34. The number of para-hydroxylation sites is 1. The molecule has 1 aliphatic rings. The molecule has 8 heteroatoms. The van der Waals surface area contributed by atoms with Gasteiger partial charge in [-0.3, -0.25) is 13.9 Å². The molecule has 1 atom stereocenters.